The van der Waals surface area contributed by atoms with Crippen molar-refractivity contribution in [2.75, 3.05) is 6.61 Å². The van der Waals surface area contributed by atoms with Crippen molar-refractivity contribution < 1.29 is 9.16 Å². The van der Waals surface area contributed by atoms with Gasteiger partial charge in [0.2, 0.25) is 0 Å². The first-order chi connectivity index (χ1) is 19.2. The Morgan fingerprint density at radius 2 is 1.48 bits per heavy atom. The quantitative estimate of drug-likeness (QED) is 0.307. The van der Waals surface area contributed by atoms with Crippen molar-refractivity contribution in [3.63, 3.8) is 0 Å². The molecule has 40 heavy (non-hydrogen) atoms. The second-order valence-corrected chi connectivity index (χ2v) is 18.4. The van der Waals surface area contributed by atoms with Crippen LogP contribution in [0, 0.1) is 6.92 Å². The van der Waals surface area contributed by atoms with E-state index < -0.39 is 20.2 Å². The van der Waals surface area contributed by atoms with Crippen LogP contribution in [0.5, 0.6) is 0 Å². The molecule has 1 aliphatic rings. The SMILES string of the molecule is Cc1cn([C@H]2O[C@H](CO[Si](c3ccccc3)(c3ccccc3)C(C)(C)C)C[C@H]2[Se]c2ccccc2)c(=O)[nH]c1=O. The molecule has 3 atom stereocenters. The van der Waals surface area contributed by atoms with E-state index in [4.69, 9.17) is 9.16 Å². The first-order valence-electron chi connectivity index (χ1n) is 13.6. The number of hydrogen-bond acceptors (Lipinski definition) is 4. The Kier molecular flexibility index (Phi) is 8.45. The van der Waals surface area contributed by atoms with Crippen molar-refractivity contribution in [1.82, 2.24) is 9.55 Å². The normalized spacial score (nSPS) is 19.6. The molecule has 1 fully saturated rings. The fourth-order valence-electron chi connectivity index (χ4n) is 5.60. The Balaban J connectivity index is 1.49. The van der Waals surface area contributed by atoms with E-state index in [1.807, 2.05) is 30.3 Å². The molecule has 0 aliphatic carbocycles. The van der Waals surface area contributed by atoms with Crippen molar-refractivity contribution in [2.24, 2.45) is 0 Å². The van der Waals surface area contributed by atoms with Crippen LogP contribution in [0.25, 0.3) is 0 Å². The molecule has 1 aromatic heterocycles. The average molecular weight is 620 g/mol. The first-order valence-corrected chi connectivity index (χ1v) is 17.4. The zero-order valence-corrected chi connectivity index (χ0v) is 26.1. The van der Waals surface area contributed by atoms with E-state index in [-0.39, 0.29) is 36.5 Å². The van der Waals surface area contributed by atoms with Gasteiger partial charge in [0.15, 0.2) is 0 Å². The third-order valence-electron chi connectivity index (χ3n) is 7.50. The fourth-order valence-corrected chi connectivity index (χ4v) is 12.9. The Hall–Kier alpha value is -3.00. The maximum absolute atomic E-state index is 12.9. The predicted octanol–water partition coefficient (Wildman–Crippen LogP) is 3.53. The molecule has 0 spiro atoms. The number of aromatic amines is 1. The van der Waals surface area contributed by atoms with Crippen molar-refractivity contribution in [1.29, 1.82) is 0 Å². The summed E-state index contributed by atoms with van der Waals surface area (Å²) in [5.74, 6) is 0. The van der Waals surface area contributed by atoms with Gasteiger partial charge in [0.1, 0.15) is 0 Å². The van der Waals surface area contributed by atoms with E-state index in [1.54, 1.807) is 17.7 Å². The Morgan fingerprint density at radius 1 is 0.925 bits per heavy atom. The minimum atomic E-state index is -2.73. The van der Waals surface area contributed by atoms with Gasteiger partial charge < -0.3 is 0 Å². The van der Waals surface area contributed by atoms with Crippen LogP contribution >= 0.6 is 0 Å². The zero-order chi connectivity index (χ0) is 28.3. The van der Waals surface area contributed by atoms with Crippen LogP contribution in [0.15, 0.2) is 107 Å². The van der Waals surface area contributed by atoms with E-state index in [9.17, 15) is 9.59 Å². The van der Waals surface area contributed by atoms with Gasteiger partial charge in [0.05, 0.1) is 0 Å². The Labute approximate surface area is 242 Å². The molecule has 1 aliphatic heterocycles. The second kappa shape index (κ2) is 11.8. The summed E-state index contributed by atoms with van der Waals surface area (Å²) in [6.07, 6.45) is 1.73. The number of aryl methyl sites for hydroxylation is 1. The fraction of sp³-hybridized carbons (Fsp3) is 0.312. The molecular formula is C32H36N2O4SeSi. The molecule has 5 rings (SSSR count). The standard InChI is InChI=1S/C32H36N2O4SeSi/c1-23-21-34(31(36)33-29(23)35)30-28(39-25-14-8-5-9-15-25)20-24(38-30)22-37-40(32(2,3)4,26-16-10-6-11-17-26)27-18-12-7-13-19-27/h5-19,21,24,28,30H,20,22H2,1-4H3,(H,33,35,36)/t24-,28+,30-/m0/s1. The monoisotopic (exact) mass is 620 g/mol. The van der Waals surface area contributed by atoms with Crippen LogP contribution in [-0.4, -0.2) is 45.5 Å². The molecule has 1 N–H and O–H groups in total. The predicted molar refractivity (Wildman–Crippen MR) is 164 cm³/mol. The second-order valence-electron chi connectivity index (χ2n) is 11.3. The molecule has 0 unspecified atom stereocenters. The topological polar surface area (TPSA) is 73.3 Å². The molecule has 0 radical (unpaired) electrons. The summed E-state index contributed by atoms with van der Waals surface area (Å²) in [7, 11) is -2.73. The number of nitrogens with zero attached hydrogens (tertiary/aromatic N) is 1. The summed E-state index contributed by atoms with van der Waals surface area (Å²) in [6, 6.07) is 31.5. The van der Waals surface area contributed by atoms with Gasteiger partial charge in [-0.2, -0.15) is 0 Å². The van der Waals surface area contributed by atoms with Gasteiger partial charge >= 0.3 is 243 Å². The molecule has 0 amide bonds. The van der Waals surface area contributed by atoms with E-state index >= 15 is 0 Å². The third kappa shape index (κ3) is 5.73. The van der Waals surface area contributed by atoms with Crippen LogP contribution in [-0.2, 0) is 9.16 Å². The third-order valence-corrected chi connectivity index (χ3v) is 15.2. The molecule has 8 heteroatoms. The molecule has 1 saturated heterocycles. The van der Waals surface area contributed by atoms with E-state index in [2.05, 4.69) is 86.4 Å². The molecule has 208 valence electrons. The van der Waals surface area contributed by atoms with Gasteiger partial charge in [-0.15, -0.1) is 0 Å². The number of nitrogens with one attached hydrogen (secondary N) is 1. The summed E-state index contributed by atoms with van der Waals surface area (Å²) in [4.78, 5) is 27.6. The Morgan fingerprint density at radius 3 is 2.02 bits per heavy atom. The number of benzene rings is 3. The van der Waals surface area contributed by atoms with Gasteiger partial charge in [0, 0.05) is 0 Å². The van der Waals surface area contributed by atoms with Crippen molar-refractivity contribution in [2.45, 2.75) is 56.3 Å². The summed E-state index contributed by atoms with van der Waals surface area (Å²) < 4.78 is 16.6. The van der Waals surface area contributed by atoms with Crippen molar-refractivity contribution >= 4 is 38.1 Å². The number of rotatable bonds is 8. The number of hydrogen-bond donors (Lipinski definition) is 1. The number of aromatic nitrogens is 2. The van der Waals surface area contributed by atoms with Crippen LogP contribution in [0.3, 0.4) is 0 Å². The van der Waals surface area contributed by atoms with Gasteiger partial charge in [0.25, 0.3) is 0 Å². The first kappa shape index (κ1) is 28.5. The van der Waals surface area contributed by atoms with E-state index in [0.717, 1.165) is 6.42 Å². The minimum absolute atomic E-state index is 0.0571. The van der Waals surface area contributed by atoms with Crippen LogP contribution in [0.2, 0.25) is 9.85 Å². The average Bonchev–Trinajstić information content (AvgIpc) is 3.34. The number of ether oxygens (including phenoxy) is 1. The molecule has 0 saturated carbocycles. The molecule has 3 aromatic carbocycles. The molecule has 6 nitrogen and oxygen atoms in total. The zero-order valence-electron chi connectivity index (χ0n) is 23.4. The van der Waals surface area contributed by atoms with Crippen LogP contribution in [0.1, 0.15) is 39.0 Å². The van der Waals surface area contributed by atoms with E-state index in [1.165, 1.54) is 14.8 Å². The van der Waals surface area contributed by atoms with Gasteiger partial charge in [-0.1, -0.05) is 0 Å². The number of H-pyrrole nitrogens is 1. The summed E-state index contributed by atoms with van der Waals surface area (Å²) in [6.45, 7) is 8.93. The van der Waals surface area contributed by atoms with Gasteiger partial charge in [-0.25, -0.2) is 0 Å². The van der Waals surface area contributed by atoms with E-state index in [0.29, 0.717) is 12.2 Å². The van der Waals surface area contributed by atoms with Crippen LogP contribution in [0.4, 0.5) is 0 Å². The summed E-state index contributed by atoms with van der Waals surface area (Å²) in [5, 5.41) is 2.30. The van der Waals surface area contributed by atoms with Crippen LogP contribution < -0.4 is 26.1 Å². The summed E-state index contributed by atoms with van der Waals surface area (Å²) >= 11 is 0.0571. The molecule has 0 bridgehead atoms. The summed E-state index contributed by atoms with van der Waals surface area (Å²) in [5.41, 5.74) is -0.319. The maximum atomic E-state index is 12.9. The molecule has 4 aromatic rings. The van der Waals surface area contributed by atoms with Gasteiger partial charge in [-0.3, -0.25) is 0 Å². The molecular weight excluding hydrogens is 583 g/mol. The Bertz CT molecular complexity index is 1500. The van der Waals surface area contributed by atoms with Crippen molar-refractivity contribution in [3.8, 4) is 0 Å². The van der Waals surface area contributed by atoms with Gasteiger partial charge in [-0.05, 0) is 0 Å². The molecule has 2 heterocycles. The van der Waals surface area contributed by atoms with Crippen molar-refractivity contribution in [3.05, 3.63) is 124 Å².